The summed E-state index contributed by atoms with van der Waals surface area (Å²) in [4.78, 5) is 30.2. The van der Waals surface area contributed by atoms with Crippen molar-refractivity contribution in [1.29, 1.82) is 0 Å². The van der Waals surface area contributed by atoms with Crippen LogP contribution in [0.4, 0.5) is 32.0 Å². The quantitative estimate of drug-likeness (QED) is 0.294. The standard InChI is InChI=1S/C23H23F6N3O3/c1-13-11-14(18(22(24,25)26)23(27,28)29)9-10-17(13)31-19(33)15-7-5-6-8-16(15)20(34)32-21(2,3)12-30-35-4/h5-12,18H,1-4H3,(H,31,33)(H,32,34)/b30-12+. The third-order valence-electron chi connectivity index (χ3n) is 4.82. The molecule has 2 aromatic rings. The van der Waals surface area contributed by atoms with Gasteiger partial charge >= 0.3 is 12.4 Å². The topological polar surface area (TPSA) is 79.8 Å². The molecule has 6 nitrogen and oxygen atoms in total. The molecule has 0 aliphatic rings. The molecule has 0 aliphatic carbocycles. The second-order valence-corrected chi connectivity index (χ2v) is 8.18. The van der Waals surface area contributed by atoms with Crippen molar-refractivity contribution in [2.75, 3.05) is 12.4 Å². The number of hydrogen-bond donors (Lipinski definition) is 2. The molecular weight excluding hydrogens is 480 g/mol. The second-order valence-electron chi connectivity index (χ2n) is 8.18. The van der Waals surface area contributed by atoms with Crippen LogP contribution < -0.4 is 10.6 Å². The second kappa shape index (κ2) is 10.4. The number of carbonyl (C=O) groups excluding carboxylic acids is 2. The number of alkyl halides is 6. The lowest BCUT2D eigenvalue weighted by molar-refractivity contribution is -0.253. The molecule has 12 heteroatoms. The zero-order valence-electron chi connectivity index (χ0n) is 19.1. The van der Waals surface area contributed by atoms with Crippen molar-refractivity contribution < 1.29 is 40.8 Å². The van der Waals surface area contributed by atoms with E-state index < -0.39 is 41.2 Å². The number of anilines is 1. The van der Waals surface area contributed by atoms with E-state index in [0.717, 1.165) is 12.1 Å². The first kappa shape index (κ1) is 27.7. The maximum atomic E-state index is 13.0. The number of halogens is 6. The molecule has 2 aromatic carbocycles. The zero-order valence-corrected chi connectivity index (χ0v) is 19.1. The van der Waals surface area contributed by atoms with E-state index in [4.69, 9.17) is 0 Å². The number of nitrogens with one attached hydrogen (secondary N) is 2. The van der Waals surface area contributed by atoms with Gasteiger partial charge in [0.25, 0.3) is 11.8 Å². The van der Waals surface area contributed by atoms with Gasteiger partial charge in [0, 0.05) is 5.69 Å². The summed E-state index contributed by atoms with van der Waals surface area (Å²) >= 11 is 0. The van der Waals surface area contributed by atoms with Crippen molar-refractivity contribution in [1.82, 2.24) is 5.32 Å². The molecule has 0 atom stereocenters. The number of rotatable bonds is 7. The summed E-state index contributed by atoms with van der Waals surface area (Å²) in [5.74, 6) is -5.06. The van der Waals surface area contributed by atoms with Gasteiger partial charge in [-0.25, -0.2) is 0 Å². The molecule has 0 saturated heterocycles. The Morgan fingerprint density at radius 3 is 1.97 bits per heavy atom. The maximum Gasteiger partial charge on any atom is 0.404 e. The number of hydrogen-bond acceptors (Lipinski definition) is 4. The molecule has 190 valence electrons. The highest BCUT2D eigenvalue weighted by Crippen LogP contribution is 2.46. The molecule has 0 bridgehead atoms. The van der Waals surface area contributed by atoms with Crippen molar-refractivity contribution in [3.05, 3.63) is 64.7 Å². The predicted molar refractivity (Wildman–Crippen MR) is 117 cm³/mol. The van der Waals surface area contributed by atoms with E-state index in [2.05, 4.69) is 20.6 Å². The van der Waals surface area contributed by atoms with Crippen molar-refractivity contribution >= 4 is 23.7 Å². The van der Waals surface area contributed by atoms with Crippen molar-refractivity contribution in [2.24, 2.45) is 5.16 Å². The summed E-state index contributed by atoms with van der Waals surface area (Å²) in [6.07, 6.45) is -9.74. The van der Waals surface area contributed by atoms with Gasteiger partial charge in [-0.05, 0) is 50.1 Å². The fourth-order valence-corrected chi connectivity index (χ4v) is 3.22. The Bertz CT molecular complexity index is 1100. The highest BCUT2D eigenvalue weighted by Gasteiger charge is 2.57. The molecule has 0 radical (unpaired) electrons. The number of oxime groups is 1. The SMILES string of the molecule is CO/N=C/C(C)(C)NC(=O)c1ccccc1C(=O)Nc1ccc(C(C(F)(F)F)C(F)(F)F)cc1C. The van der Waals surface area contributed by atoms with E-state index in [1.54, 1.807) is 13.8 Å². The van der Waals surface area contributed by atoms with Crippen LogP contribution in [0, 0.1) is 6.92 Å². The van der Waals surface area contributed by atoms with Gasteiger partial charge in [-0.15, -0.1) is 0 Å². The van der Waals surface area contributed by atoms with Crippen LogP contribution in [-0.4, -0.2) is 43.0 Å². The van der Waals surface area contributed by atoms with Crippen LogP contribution in [0.15, 0.2) is 47.6 Å². The minimum absolute atomic E-state index is 0.00706. The van der Waals surface area contributed by atoms with Gasteiger partial charge in [0.05, 0.1) is 22.9 Å². The minimum Gasteiger partial charge on any atom is -0.399 e. The van der Waals surface area contributed by atoms with E-state index in [1.165, 1.54) is 44.5 Å². The Balaban J connectivity index is 2.32. The molecule has 0 aromatic heterocycles. The summed E-state index contributed by atoms with van der Waals surface area (Å²) < 4.78 is 78.2. The fraction of sp³-hybridized carbons (Fsp3) is 0.348. The third kappa shape index (κ3) is 7.20. The highest BCUT2D eigenvalue weighted by atomic mass is 19.4. The van der Waals surface area contributed by atoms with Crippen LogP contribution in [0.2, 0.25) is 0 Å². The number of benzene rings is 2. The van der Waals surface area contributed by atoms with Crippen molar-refractivity contribution in [2.45, 2.75) is 44.6 Å². The monoisotopic (exact) mass is 503 g/mol. The third-order valence-corrected chi connectivity index (χ3v) is 4.82. The molecule has 0 fully saturated rings. The largest absolute Gasteiger partial charge is 0.404 e. The Kier molecular flexibility index (Phi) is 8.19. The van der Waals surface area contributed by atoms with E-state index >= 15 is 0 Å². The molecule has 0 spiro atoms. The fourth-order valence-electron chi connectivity index (χ4n) is 3.22. The summed E-state index contributed by atoms with van der Waals surface area (Å²) in [5, 5.41) is 8.70. The van der Waals surface area contributed by atoms with E-state index in [1.807, 2.05) is 0 Å². The van der Waals surface area contributed by atoms with Gasteiger partial charge in [-0.1, -0.05) is 29.4 Å². The average Bonchev–Trinajstić information content (AvgIpc) is 2.71. The lowest BCUT2D eigenvalue weighted by atomic mass is 9.95. The van der Waals surface area contributed by atoms with Gasteiger partial charge < -0.3 is 15.5 Å². The Hall–Kier alpha value is -3.57. The van der Waals surface area contributed by atoms with Crippen LogP contribution in [0.1, 0.15) is 51.6 Å². The van der Waals surface area contributed by atoms with Crippen molar-refractivity contribution in [3.63, 3.8) is 0 Å². The molecule has 0 saturated carbocycles. The molecule has 0 aliphatic heterocycles. The van der Waals surface area contributed by atoms with Crippen LogP contribution in [-0.2, 0) is 4.84 Å². The first-order valence-corrected chi connectivity index (χ1v) is 10.1. The number of amides is 2. The van der Waals surface area contributed by atoms with E-state index in [-0.39, 0.29) is 22.4 Å². The molecular formula is C23H23F6N3O3. The van der Waals surface area contributed by atoms with Crippen molar-refractivity contribution in [3.8, 4) is 0 Å². The van der Waals surface area contributed by atoms with Gasteiger partial charge in [0.1, 0.15) is 7.11 Å². The van der Waals surface area contributed by atoms with Crippen LogP contribution in [0.5, 0.6) is 0 Å². The van der Waals surface area contributed by atoms with Gasteiger partial charge in [-0.3, -0.25) is 9.59 Å². The molecule has 0 unspecified atom stereocenters. The lowest BCUT2D eigenvalue weighted by Crippen LogP contribution is -2.45. The molecule has 2 amide bonds. The average molecular weight is 503 g/mol. The summed E-state index contributed by atoms with van der Waals surface area (Å²) in [6.45, 7) is 4.53. The molecule has 0 heterocycles. The smallest absolute Gasteiger partial charge is 0.399 e. The van der Waals surface area contributed by atoms with Gasteiger partial charge in [-0.2, -0.15) is 26.3 Å². The number of aryl methyl sites for hydroxylation is 1. The van der Waals surface area contributed by atoms with Crippen LogP contribution in [0.25, 0.3) is 0 Å². The maximum absolute atomic E-state index is 13.0. The van der Waals surface area contributed by atoms with E-state index in [0.29, 0.717) is 6.07 Å². The lowest BCUT2D eigenvalue weighted by Gasteiger charge is -2.24. The van der Waals surface area contributed by atoms with Gasteiger partial charge in [0.2, 0.25) is 0 Å². The van der Waals surface area contributed by atoms with Crippen LogP contribution >= 0.6 is 0 Å². The minimum atomic E-state index is -5.54. The Morgan fingerprint density at radius 1 is 0.943 bits per heavy atom. The Labute approximate surface area is 197 Å². The summed E-state index contributed by atoms with van der Waals surface area (Å²) in [5.41, 5.74) is -2.03. The Morgan fingerprint density at radius 2 is 1.49 bits per heavy atom. The first-order valence-electron chi connectivity index (χ1n) is 10.1. The highest BCUT2D eigenvalue weighted by molar-refractivity contribution is 6.12. The summed E-state index contributed by atoms with van der Waals surface area (Å²) in [6, 6.07) is 8.10. The van der Waals surface area contributed by atoms with Crippen LogP contribution in [0.3, 0.4) is 0 Å². The molecule has 2 rings (SSSR count). The normalized spacial score (nSPS) is 12.7. The zero-order chi connectivity index (χ0) is 26.6. The number of nitrogens with zero attached hydrogens (tertiary/aromatic N) is 1. The van der Waals surface area contributed by atoms with Gasteiger partial charge in [0.15, 0.2) is 5.92 Å². The molecule has 35 heavy (non-hydrogen) atoms. The number of carbonyl (C=O) groups is 2. The summed E-state index contributed by atoms with van der Waals surface area (Å²) in [7, 11) is 1.33. The first-order chi connectivity index (χ1) is 16.1. The van der Waals surface area contributed by atoms with E-state index in [9.17, 15) is 35.9 Å². The predicted octanol–water partition coefficient (Wildman–Crippen LogP) is 5.60. The molecule has 2 N–H and O–H groups in total.